The van der Waals surface area contributed by atoms with Gasteiger partial charge in [-0.05, 0) is 52.6 Å². The topological polar surface area (TPSA) is 151 Å². The van der Waals surface area contributed by atoms with Crippen molar-refractivity contribution in [3.8, 4) is 16.9 Å². The number of carbonyl (C=O) groups is 1. The molecule has 0 aromatic heterocycles. The number of phenols is 1. The third kappa shape index (κ3) is 6.15. The predicted molar refractivity (Wildman–Crippen MR) is 171 cm³/mol. The van der Waals surface area contributed by atoms with Gasteiger partial charge in [0, 0.05) is 17.0 Å². The summed E-state index contributed by atoms with van der Waals surface area (Å²) in [5, 5.41) is 61.7. The zero-order valence-electron chi connectivity index (χ0n) is 24.5. The number of benzene rings is 4. The Morgan fingerprint density at radius 3 is 2.17 bits per heavy atom. The summed E-state index contributed by atoms with van der Waals surface area (Å²) in [5.41, 5.74) is 3.74. The van der Waals surface area contributed by atoms with Crippen LogP contribution in [-0.4, -0.2) is 78.6 Å². The first-order valence-electron chi connectivity index (χ1n) is 14.8. The van der Waals surface area contributed by atoms with Crippen molar-refractivity contribution in [1.29, 1.82) is 0 Å². The molecule has 2 fully saturated rings. The third-order valence-corrected chi connectivity index (χ3v) is 9.91. The van der Waals surface area contributed by atoms with Crippen molar-refractivity contribution in [2.45, 2.75) is 47.9 Å². The second-order valence-corrected chi connectivity index (χ2v) is 12.6. The Morgan fingerprint density at radius 2 is 1.52 bits per heavy atom. The van der Waals surface area contributed by atoms with Crippen molar-refractivity contribution in [3.63, 3.8) is 0 Å². The molecule has 6 N–H and O–H groups in total. The smallest absolute Gasteiger partial charge is 0.243 e. The van der Waals surface area contributed by atoms with Crippen LogP contribution in [0.4, 0.5) is 10.1 Å². The van der Waals surface area contributed by atoms with Crippen molar-refractivity contribution in [2.75, 3.05) is 17.3 Å². The molecule has 46 heavy (non-hydrogen) atoms. The molecule has 4 aromatic carbocycles. The number of hydrogen-bond acceptors (Lipinski definition) is 9. The fourth-order valence-electron chi connectivity index (χ4n) is 6.00. The van der Waals surface area contributed by atoms with E-state index in [-0.39, 0.29) is 17.4 Å². The second kappa shape index (κ2) is 13.5. The molecule has 2 aliphatic heterocycles. The molecule has 240 valence electrons. The van der Waals surface area contributed by atoms with Crippen LogP contribution in [0.3, 0.4) is 0 Å². The number of hydrogen-bond donors (Lipinski definition) is 6. The van der Waals surface area contributed by atoms with Gasteiger partial charge in [-0.2, -0.15) is 0 Å². The standard InChI is InChI=1S/C35H34FNO8S/c36-23-13-10-20(11-14-23)27(40)18-46-34-29(37(35(34)44)24-4-2-1-3-5-24)25-15-12-22(16-26(25)39)19-6-8-21(9-7-19)33-32(43)31(42)30(41)28(17-38)45-33/h1-16,27-34,38-43H,17-18H2/t27-,28+,29+,30+,31-,32+,33?,34+/m0/s1. The van der Waals surface area contributed by atoms with Gasteiger partial charge >= 0.3 is 0 Å². The molecule has 0 radical (unpaired) electrons. The predicted octanol–water partition coefficient (Wildman–Crippen LogP) is 3.64. The van der Waals surface area contributed by atoms with E-state index in [0.29, 0.717) is 27.9 Å². The number of aliphatic hydroxyl groups is 5. The third-order valence-electron chi connectivity index (χ3n) is 8.58. The number of anilines is 1. The van der Waals surface area contributed by atoms with Crippen LogP contribution in [0.1, 0.15) is 34.9 Å². The van der Waals surface area contributed by atoms with Gasteiger partial charge in [0.2, 0.25) is 5.91 Å². The quantitative estimate of drug-likeness (QED) is 0.150. The molecule has 8 atom stereocenters. The number of phenolic OH excluding ortho intramolecular Hbond substituents is 1. The molecule has 1 amide bonds. The highest BCUT2D eigenvalue weighted by Gasteiger charge is 2.50. The monoisotopic (exact) mass is 647 g/mol. The van der Waals surface area contributed by atoms with Crippen LogP contribution in [0.25, 0.3) is 11.1 Å². The Balaban J connectivity index is 1.23. The molecular weight excluding hydrogens is 613 g/mol. The molecule has 2 heterocycles. The SMILES string of the molecule is O=C1[C@H](SC[C@H](O)c2ccc(F)cc2)[C@@H](c2ccc(-c3ccc(C4O[C@H](CO)[C@@H](O)[C@H](O)[C@H]4O)cc3)cc2O)N1c1ccccc1. The van der Waals surface area contributed by atoms with Gasteiger partial charge in [-0.25, -0.2) is 4.39 Å². The van der Waals surface area contributed by atoms with Gasteiger partial charge in [0.15, 0.2) is 0 Å². The number of ether oxygens (including phenoxy) is 1. The van der Waals surface area contributed by atoms with Crippen LogP contribution in [0.15, 0.2) is 97.1 Å². The molecule has 0 spiro atoms. The van der Waals surface area contributed by atoms with Gasteiger partial charge in [0.05, 0.1) is 18.8 Å². The van der Waals surface area contributed by atoms with Crippen molar-refractivity contribution >= 4 is 23.4 Å². The molecule has 0 bridgehead atoms. The Labute approximate surface area is 269 Å². The minimum absolute atomic E-state index is 0.0152. The van der Waals surface area contributed by atoms with E-state index in [1.54, 1.807) is 41.3 Å². The van der Waals surface area contributed by atoms with E-state index in [0.717, 1.165) is 5.56 Å². The van der Waals surface area contributed by atoms with Gasteiger partial charge in [-0.1, -0.05) is 66.7 Å². The number of thioether (sulfide) groups is 1. The summed E-state index contributed by atoms with van der Waals surface area (Å²) < 4.78 is 19.0. The molecule has 0 aliphatic carbocycles. The van der Waals surface area contributed by atoms with Gasteiger partial charge in [0.1, 0.15) is 47.3 Å². The van der Waals surface area contributed by atoms with Crippen LogP contribution >= 0.6 is 11.8 Å². The van der Waals surface area contributed by atoms with Crippen LogP contribution in [0.5, 0.6) is 5.75 Å². The molecule has 11 heteroatoms. The highest BCUT2D eigenvalue weighted by Crippen LogP contribution is 2.48. The van der Waals surface area contributed by atoms with Gasteiger partial charge in [-0.15, -0.1) is 11.8 Å². The lowest BCUT2D eigenvalue weighted by Crippen LogP contribution is -2.57. The average molecular weight is 648 g/mol. The molecule has 2 saturated heterocycles. The zero-order valence-corrected chi connectivity index (χ0v) is 25.3. The van der Waals surface area contributed by atoms with Gasteiger partial charge in [-0.3, -0.25) is 4.79 Å². The minimum atomic E-state index is -1.48. The number of aliphatic hydroxyl groups excluding tert-OH is 5. The maximum atomic E-state index is 13.4. The van der Waals surface area contributed by atoms with Crippen LogP contribution in [0, 0.1) is 5.82 Å². The highest BCUT2D eigenvalue weighted by molar-refractivity contribution is 8.00. The number of rotatable bonds is 9. The summed E-state index contributed by atoms with van der Waals surface area (Å²) in [4.78, 5) is 15.1. The maximum absolute atomic E-state index is 13.4. The summed E-state index contributed by atoms with van der Waals surface area (Å²) in [7, 11) is 0. The number of halogens is 1. The van der Waals surface area contributed by atoms with E-state index in [9.17, 15) is 39.8 Å². The number of carbonyl (C=O) groups excluding carboxylic acids is 1. The van der Waals surface area contributed by atoms with Crippen molar-refractivity contribution in [2.24, 2.45) is 0 Å². The first kappa shape index (κ1) is 32.1. The number of amides is 1. The van der Waals surface area contributed by atoms with Gasteiger partial charge < -0.3 is 40.3 Å². The molecule has 1 unspecified atom stereocenters. The Bertz CT molecular complexity index is 1660. The number of nitrogens with zero attached hydrogens (tertiary/aromatic N) is 1. The average Bonchev–Trinajstić information content (AvgIpc) is 3.07. The molecular formula is C35H34FNO8S. The first-order chi connectivity index (χ1) is 22.2. The van der Waals surface area contributed by atoms with Crippen LogP contribution in [0.2, 0.25) is 0 Å². The molecule has 4 aromatic rings. The Kier molecular flexibility index (Phi) is 9.44. The lowest BCUT2D eigenvalue weighted by molar-refractivity contribution is -0.231. The molecule has 6 rings (SSSR count). The van der Waals surface area contributed by atoms with E-state index in [1.807, 2.05) is 36.4 Å². The molecule has 9 nitrogen and oxygen atoms in total. The highest BCUT2D eigenvalue weighted by atomic mass is 32.2. The lowest BCUT2D eigenvalue weighted by Gasteiger charge is -2.47. The lowest BCUT2D eigenvalue weighted by atomic mass is 9.89. The van der Waals surface area contributed by atoms with E-state index in [4.69, 9.17) is 4.74 Å². The van der Waals surface area contributed by atoms with Crippen molar-refractivity contribution in [3.05, 3.63) is 120 Å². The summed E-state index contributed by atoms with van der Waals surface area (Å²) in [5.74, 6) is -0.376. The minimum Gasteiger partial charge on any atom is -0.508 e. The zero-order chi connectivity index (χ0) is 32.5. The van der Waals surface area contributed by atoms with Gasteiger partial charge in [0.25, 0.3) is 0 Å². The van der Waals surface area contributed by atoms with Crippen molar-refractivity contribution < 1.29 is 44.6 Å². The van der Waals surface area contributed by atoms with E-state index < -0.39 is 60.3 Å². The Morgan fingerprint density at radius 1 is 0.848 bits per heavy atom. The summed E-state index contributed by atoms with van der Waals surface area (Å²) in [6.45, 7) is -0.520. The maximum Gasteiger partial charge on any atom is 0.243 e. The largest absolute Gasteiger partial charge is 0.508 e. The molecule has 0 saturated carbocycles. The van der Waals surface area contributed by atoms with E-state index in [1.165, 1.54) is 36.0 Å². The van der Waals surface area contributed by atoms with Crippen molar-refractivity contribution in [1.82, 2.24) is 0 Å². The number of aromatic hydroxyl groups is 1. The summed E-state index contributed by atoms with van der Waals surface area (Å²) in [6, 6.07) is 26.4. The van der Waals surface area contributed by atoms with Crippen LogP contribution < -0.4 is 4.90 Å². The number of β-lactam (4-membered cyclic amide) rings is 1. The fourth-order valence-corrected chi connectivity index (χ4v) is 7.28. The second-order valence-electron chi connectivity index (χ2n) is 11.5. The number of para-hydroxylation sites is 1. The summed E-state index contributed by atoms with van der Waals surface area (Å²) in [6.07, 6.45) is -7.22. The fraction of sp³-hybridized carbons (Fsp3) is 0.286. The van der Waals surface area contributed by atoms with E-state index >= 15 is 0 Å². The van der Waals surface area contributed by atoms with Crippen LogP contribution in [-0.2, 0) is 9.53 Å². The van der Waals surface area contributed by atoms with E-state index in [2.05, 4.69) is 0 Å². The first-order valence-corrected chi connectivity index (χ1v) is 15.9. The normalized spacial score (nSPS) is 26.9. The molecule has 2 aliphatic rings. The Hall–Kier alpha value is -3.81. The summed E-state index contributed by atoms with van der Waals surface area (Å²) >= 11 is 1.28.